The third-order valence-electron chi connectivity index (χ3n) is 4.69. The van der Waals surface area contributed by atoms with Crippen LogP contribution in [0.2, 0.25) is 0 Å². The molecule has 1 aliphatic heterocycles. The molecule has 2 fully saturated rings. The first-order valence-corrected chi connectivity index (χ1v) is 9.36. The summed E-state index contributed by atoms with van der Waals surface area (Å²) in [5.74, 6) is 1.71. The van der Waals surface area contributed by atoms with Crippen molar-refractivity contribution in [2.45, 2.75) is 44.8 Å². The maximum atomic E-state index is 12.6. The van der Waals surface area contributed by atoms with E-state index in [9.17, 15) is 4.79 Å². The minimum Gasteiger partial charge on any atom is -0.480 e. The van der Waals surface area contributed by atoms with Crippen molar-refractivity contribution < 1.29 is 9.53 Å². The van der Waals surface area contributed by atoms with E-state index in [2.05, 4.69) is 21.2 Å². The van der Waals surface area contributed by atoms with Crippen LogP contribution in [0.15, 0.2) is 28.7 Å². The Balaban J connectivity index is 1.45. The third kappa shape index (κ3) is 4.70. The van der Waals surface area contributed by atoms with Gasteiger partial charge < -0.3 is 15.0 Å². The zero-order chi connectivity index (χ0) is 16.2. The maximum absolute atomic E-state index is 12.6. The number of carbonyl (C=O) groups is 1. The molecule has 1 unspecified atom stereocenters. The quantitative estimate of drug-likeness (QED) is 0.823. The van der Waals surface area contributed by atoms with Gasteiger partial charge in [-0.25, -0.2) is 0 Å². The Kier molecular flexibility index (Phi) is 5.59. The van der Waals surface area contributed by atoms with Crippen molar-refractivity contribution in [1.82, 2.24) is 10.2 Å². The molecule has 126 valence electrons. The summed E-state index contributed by atoms with van der Waals surface area (Å²) in [7, 11) is 0. The number of amides is 1. The molecule has 0 spiro atoms. The van der Waals surface area contributed by atoms with Crippen LogP contribution in [0.25, 0.3) is 0 Å². The molecular formula is C18H25BrN2O2. The minimum atomic E-state index is -0.454. The van der Waals surface area contributed by atoms with E-state index in [1.807, 2.05) is 36.1 Å². The Hall–Kier alpha value is -1.07. The van der Waals surface area contributed by atoms with Gasteiger partial charge in [-0.3, -0.25) is 4.79 Å². The van der Waals surface area contributed by atoms with Crippen molar-refractivity contribution in [1.29, 1.82) is 0 Å². The van der Waals surface area contributed by atoms with Crippen molar-refractivity contribution in [3.8, 4) is 5.75 Å². The number of piperidine rings is 1. The fourth-order valence-corrected chi connectivity index (χ4v) is 3.38. The predicted molar refractivity (Wildman–Crippen MR) is 94.6 cm³/mol. The van der Waals surface area contributed by atoms with Crippen molar-refractivity contribution in [2.24, 2.45) is 5.92 Å². The van der Waals surface area contributed by atoms with Crippen molar-refractivity contribution in [3.63, 3.8) is 0 Å². The lowest BCUT2D eigenvalue weighted by Gasteiger charge is -2.34. The van der Waals surface area contributed by atoms with Gasteiger partial charge in [-0.2, -0.15) is 0 Å². The Morgan fingerprint density at radius 2 is 2.00 bits per heavy atom. The van der Waals surface area contributed by atoms with Gasteiger partial charge >= 0.3 is 0 Å². The summed E-state index contributed by atoms with van der Waals surface area (Å²) in [4.78, 5) is 14.5. The molecule has 1 saturated carbocycles. The molecule has 1 atom stereocenters. The molecule has 1 saturated heterocycles. The third-order valence-corrected chi connectivity index (χ3v) is 5.34. The lowest BCUT2D eigenvalue weighted by molar-refractivity contribution is -0.139. The molecule has 4 nitrogen and oxygen atoms in total. The van der Waals surface area contributed by atoms with Gasteiger partial charge in [0.25, 0.3) is 5.91 Å². The summed E-state index contributed by atoms with van der Waals surface area (Å²) in [6, 6.07) is 8.21. The van der Waals surface area contributed by atoms with Gasteiger partial charge in [0, 0.05) is 19.1 Å². The molecule has 0 radical (unpaired) electrons. The zero-order valence-corrected chi connectivity index (χ0v) is 15.2. The molecule has 0 bridgehead atoms. The van der Waals surface area contributed by atoms with Gasteiger partial charge in [0.15, 0.2) is 6.10 Å². The van der Waals surface area contributed by atoms with Crippen molar-refractivity contribution >= 4 is 21.8 Å². The van der Waals surface area contributed by atoms with E-state index in [1.165, 1.54) is 12.8 Å². The highest BCUT2D eigenvalue weighted by Gasteiger charge is 2.28. The van der Waals surface area contributed by atoms with Crippen LogP contribution in [0, 0.1) is 5.92 Å². The summed E-state index contributed by atoms with van der Waals surface area (Å²) in [6.45, 7) is 4.63. The number of ether oxygens (including phenoxy) is 1. The molecular weight excluding hydrogens is 356 g/mol. The van der Waals surface area contributed by atoms with Gasteiger partial charge in [-0.05, 0) is 73.1 Å². The van der Waals surface area contributed by atoms with Crippen LogP contribution in [-0.2, 0) is 4.79 Å². The first-order valence-electron chi connectivity index (χ1n) is 8.57. The van der Waals surface area contributed by atoms with Crippen LogP contribution in [0.4, 0.5) is 0 Å². The van der Waals surface area contributed by atoms with E-state index in [1.54, 1.807) is 0 Å². The molecule has 1 aliphatic carbocycles. The van der Waals surface area contributed by atoms with Crippen LogP contribution in [0.5, 0.6) is 5.75 Å². The second-order valence-electron chi connectivity index (χ2n) is 6.64. The van der Waals surface area contributed by atoms with Gasteiger partial charge in [0.05, 0.1) is 4.47 Å². The number of hydrogen-bond donors (Lipinski definition) is 1. The molecule has 1 amide bonds. The van der Waals surface area contributed by atoms with E-state index < -0.39 is 6.10 Å². The average molecular weight is 381 g/mol. The number of para-hydroxylation sites is 1. The molecule has 23 heavy (non-hydrogen) atoms. The minimum absolute atomic E-state index is 0.0846. The van der Waals surface area contributed by atoms with Crippen LogP contribution < -0.4 is 10.1 Å². The smallest absolute Gasteiger partial charge is 0.263 e. The monoisotopic (exact) mass is 380 g/mol. The summed E-state index contributed by atoms with van der Waals surface area (Å²) in [6.07, 6.45) is 4.40. The standard InChI is InChI=1S/C18H25BrN2O2/c1-13(23-17-5-3-2-4-16(17)19)18(22)21-10-8-15(9-11-21)20-12-14-6-7-14/h2-5,13-15,20H,6-12H2,1H3. The van der Waals surface area contributed by atoms with Gasteiger partial charge in [-0.1, -0.05) is 12.1 Å². The Morgan fingerprint density at radius 1 is 1.30 bits per heavy atom. The number of rotatable bonds is 6. The molecule has 2 aliphatic rings. The second-order valence-corrected chi connectivity index (χ2v) is 7.50. The maximum Gasteiger partial charge on any atom is 0.263 e. The number of hydrogen-bond acceptors (Lipinski definition) is 3. The first kappa shape index (κ1) is 16.8. The number of likely N-dealkylation sites (tertiary alicyclic amines) is 1. The van der Waals surface area contributed by atoms with E-state index >= 15 is 0 Å². The van der Waals surface area contributed by atoms with Crippen molar-refractivity contribution in [2.75, 3.05) is 19.6 Å². The SMILES string of the molecule is CC(Oc1ccccc1Br)C(=O)N1CCC(NCC2CC2)CC1. The van der Waals surface area contributed by atoms with Gasteiger partial charge in [-0.15, -0.1) is 0 Å². The van der Waals surface area contributed by atoms with Crippen LogP contribution >= 0.6 is 15.9 Å². The number of carbonyl (C=O) groups excluding carboxylic acids is 1. The second kappa shape index (κ2) is 7.67. The summed E-state index contributed by atoms with van der Waals surface area (Å²) in [5.41, 5.74) is 0. The van der Waals surface area contributed by atoms with Crippen LogP contribution in [0.1, 0.15) is 32.6 Å². The zero-order valence-electron chi connectivity index (χ0n) is 13.6. The number of nitrogens with one attached hydrogen (secondary N) is 1. The highest BCUT2D eigenvalue weighted by Crippen LogP contribution is 2.28. The fraction of sp³-hybridized carbons (Fsp3) is 0.611. The molecule has 1 heterocycles. The summed E-state index contributed by atoms with van der Waals surface area (Å²) < 4.78 is 6.70. The van der Waals surface area contributed by atoms with Gasteiger partial charge in [0.1, 0.15) is 5.75 Å². The van der Waals surface area contributed by atoms with E-state index in [-0.39, 0.29) is 5.91 Å². The van der Waals surface area contributed by atoms with Crippen LogP contribution in [-0.4, -0.2) is 42.6 Å². The van der Waals surface area contributed by atoms with E-state index in [4.69, 9.17) is 4.74 Å². The number of benzene rings is 1. The number of nitrogens with zero attached hydrogens (tertiary/aromatic N) is 1. The number of halogens is 1. The molecule has 1 aromatic carbocycles. The highest BCUT2D eigenvalue weighted by atomic mass is 79.9. The Labute approximate surface area is 146 Å². The molecule has 0 aromatic heterocycles. The average Bonchev–Trinajstić information content (AvgIpc) is 3.39. The van der Waals surface area contributed by atoms with Crippen LogP contribution in [0.3, 0.4) is 0 Å². The normalized spacial score (nSPS) is 20.3. The molecule has 3 rings (SSSR count). The molecule has 1 aromatic rings. The largest absolute Gasteiger partial charge is 0.480 e. The lowest BCUT2D eigenvalue weighted by Crippen LogP contribution is -2.48. The summed E-state index contributed by atoms with van der Waals surface area (Å²) >= 11 is 3.45. The van der Waals surface area contributed by atoms with Crippen molar-refractivity contribution in [3.05, 3.63) is 28.7 Å². The van der Waals surface area contributed by atoms with E-state index in [0.717, 1.165) is 42.9 Å². The van der Waals surface area contributed by atoms with Gasteiger partial charge in [0.2, 0.25) is 0 Å². The predicted octanol–water partition coefficient (Wildman–Crippen LogP) is 3.21. The lowest BCUT2D eigenvalue weighted by atomic mass is 10.0. The Morgan fingerprint density at radius 3 is 2.65 bits per heavy atom. The summed E-state index contributed by atoms with van der Waals surface area (Å²) in [5, 5.41) is 3.64. The van der Waals surface area contributed by atoms with E-state index in [0.29, 0.717) is 11.8 Å². The highest BCUT2D eigenvalue weighted by molar-refractivity contribution is 9.10. The topological polar surface area (TPSA) is 41.6 Å². The Bertz CT molecular complexity index is 540. The fourth-order valence-electron chi connectivity index (χ4n) is 3.00. The molecule has 1 N–H and O–H groups in total. The first-order chi connectivity index (χ1) is 11.1. The molecule has 5 heteroatoms.